The first-order chi connectivity index (χ1) is 20.4. The zero-order chi connectivity index (χ0) is 33.0. The predicted molar refractivity (Wildman–Crippen MR) is 154 cm³/mol. The number of nitriles is 1. The number of nitrogens with one attached hydrogen (secondary N) is 1. The van der Waals surface area contributed by atoms with Crippen molar-refractivity contribution in [1.82, 2.24) is 9.88 Å². The van der Waals surface area contributed by atoms with Gasteiger partial charge in [-0.15, -0.1) is 4.90 Å². The van der Waals surface area contributed by atoms with Gasteiger partial charge in [0.2, 0.25) is 0 Å². The number of anilines is 1. The van der Waals surface area contributed by atoms with Crippen molar-refractivity contribution in [2.75, 3.05) is 19.1 Å². The molecule has 0 radical (unpaired) electrons. The van der Waals surface area contributed by atoms with Crippen molar-refractivity contribution in [3.05, 3.63) is 59.2 Å². The van der Waals surface area contributed by atoms with Gasteiger partial charge in [-0.05, 0) is 78.8 Å². The van der Waals surface area contributed by atoms with E-state index in [1.807, 2.05) is 6.07 Å². The molecule has 0 saturated heterocycles. The van der Waals surface area contributed by atoms with Crippen molar-refractivity contribution >= 4 is 29.8 Å². The Morgan fingerprint density at radius 2 is 1.70 bits per heavy atom. The van der Waals surface area contributed by atoms with Crippen LogP contribution in [0.25, 0.3) is 0 Å². The number of amidine groups is 1. The van der Waals surface area contributed by atoms with Crippen molar-refractivity contribution in [3.63, 3.8) is 0 Å². The van der Waals surface area contributed by atoms with Crippen LogP contribution < -0.4 is 5.32 Å². The number of hydrogen-bond acceptors (Lipinski definition) is 10. The monoisotopic (exact) mass is 615 g/mol. The topological polar surface area (TPSA) is 152 Å². The number of benzene rings is 1. The Hall–Kier alpha value is -4.64. The molecule has 1 aliphatic heterocycles. The molecule has 2 aromatic rings. The lowest BCUT2D eigenvalue weighted by molar-refractivity contribution is -0.0782. The van der Waals surface area contributed by atoms with Gasteiger partial charge in [0.25, 0.3) is 5.91 Å². The fraction of sp³-hybridized carbons (Fsp3) is 0.467. The second-order valence-corrected chi connectivity index (χ2v) is 12.0. The van der Waals surface area contributed by atoms with Gasteiger partial charge in [0.15, 0.2) is 6.10 Å². The van der Waals surface area contributed by atoms with Crippen LogP contribution in [0.4, 0.5) is 24.1 Å². The molecule has 0 fully saturated rings. The second-order valence-electron chi connectivity index (χ2n) is 12.0. The summed E-state index contributed by atoms with van der Waals surface area (Å²) in [5.41, 5.74) is -3.76. The fourth-order valence-electron chi connectivity index (χ4n) is 4.28. The molecule has 2 heterocycles. The number of aliphatic imine (C=N–C) groups is 1. The number of carbonyl (C=O) groups is 3. The number of rotatable bonds is 5. The number of alkyl halides is 1. The molecular formula is C30H35F2N5O7. The molecule has 3 amide bonds. The lowest BCUT2D eigenvalue weighted by Crippen LogP contribution is -2.57. The van der Waals surface area contributed by atoms with Crippen LogP contribution in [0.15, 0.2) is 41.5 Å². The maximum absolute atomic E-state index is 15.6. The van der Waals surface area contributed by atoms with Crippen LogP contribution >= 0.6 is 0 Å². The van der Waals surface area contributed by atoms with E-state index < -0.39 is 65.6 Å². The first kappa shape index (κ1) is 33.9. The number of imide groups is 1. The first-order valence-electron chi connectivity index (χ1n) is 13.5. The zero-order valence-corrected chi connectivity index (χ0v) is 25.7. The number of halogens is 2. The molecule has 0 bridgehead atoms. The molecular weight excluding hydrogens is 580 g/mol. The summed E-state index contributed by atoms with van der Waals surface area (Å²) in [5.74, 6) is -1.47. The van der Waals surface area contributed by atoms with Gasteiger partial charge in [0.1, 0.15) is 47.1 Å². The standard InChI is InChI=1S/C30H35F2N5O7/c1-28(2,3)43-26(39)37(27(40)44-29(4,5)6)25-36-30(7,23(41-8)22(14-31)42-25)19-13-18(10-11-20(19)32)35-24(38)21-12-9-17(15-33)16-34-21/h9-13,16,22-23H,14H2,1-8H3,(H,35,38)/t22-,23+,30-/m1/s1. The highest BCUT2D eigenvalue weighted by molar-refractivity contribution is 6.06. The van der Waals surface area contributed by atoms with Crippen LogP contribution in [0.3, 0.4) is 0 Å². The van der Waals surface area contributed by atoms with Crippen LogP contribution in [0.2, 0.25) is 0 Å². The van der Waals surface area contributed by atoms with Crippen molar-refractivity contribution in [2.24, 2.45) is 4.99 Å². The van der Waals surface area contributed by atoms with Crippen LogP contribution in [0.5, 0.6) is 0 Å². The molecule has 1 aromatic carbocycles. The highest BCUT2D eigenvalue weighted by atomic mass is 19.1. The van der Waals surface area contributed by atoms with E-state index in [0.29, 0.717) is 4.90 Å². The van der Waals surface area contributed by atoms with Crippen molar-refractivity contribution in [1.29, 1.82) is 5.26 Å². The van der Waals surface area contributed by atoms with E-state index in [-0.39, 0.29) is 22.5 Å². The van der Waals surface area contributed by atoms with E-state index in [1.165, 1.54) is 44.5 Å². The first-order valence-corrected chi connectivity index (χ1v) is 13.5. The van der Waals surface area contributed by atoms with Gasteiger partial charge >= 0.3 is 18.2 Å². The molecule has 1 aliphatic rings. The number of nitrogens with zero attached hydrogens (tertiary/aromatic N) is 4. The van der Waals surface area contributed by atoms with Gasteiger partial charge in [-0.25, -0.2) is 28.3 Å². The third kappa shape index (κ3) is 7.84. The highest BCUT2D eigenvalue weighted by Gasteiger charge is 2.51. The Kier molecular flexibility index (Phi) is 9.95. The molecule has 236 valence electrons. The number of pyridine rings is 1. The summed E-state index contributed by atoms with van der Waals surface area (Å²) < 4.78 is 52.0. The summed E-state index contributed by atoms with van der Waals surface area (Å²) in [6.45, 7) is 9.64. The summed E-state index contributed by atoms with van der Waals surface area (Å²) in [5, 5.41) is 11.6. The third-order valence-corrected chi connectivity index (χ3v) is 6.12. The number of amides is 3. The molecule has 0 unspecified atom stereocenters. The van der Waals surface area contributed by atoms with Gasteiger partial charge in [-0.3, -0.25) is 4.79 Å². The smallest absolute Gasteiger partial charge is 0.428 e. The van der Waals surface area contributed by atoms with E-state index in [9.17, 15) is 18.8 Å². The summed E-state index contributed by atoms with van der Waals surface area (Å²) >= 11 is 0. The van der Waals surface area contributed by atoms with E-state index in [2.05, 4.69) is 15.3 Å². The largest absolute Gasteiger partial charge is 0.455 e. The number of methoxy groups -OCH3 is 1. The van der Waals surface area contributed by atoms with Crippen LogP contribution in [-0.4, -0.2) is 71.2 Å². The minimum absolute atomic E-state index is 0.00918. The van der Waals surface area contributed by atoms with E-state index in [1.54, 1.807) is 41.5 Å². The number of aromatic nitrogens is 1. The summed E-state index contributed by atoms with van der Waals surface area (Å²) in [7, 11) is 1.25. The third-order valence-electron chi connectivity index (χ3n) is 6.12. The fourth-order valence-corrected chi connectivity index (χ4v) is 4.28. The Morgan fingerprint density at radius 3 is 2.18 bits per heavy atom. The average Bonchev–Trinajstić information content (AvgIpc) is 2.91. The molecule has 1 N–H and O–H groups in total. The Bertz CT molecular complexity index is 1450. The predicted octanol–water partition coefficient (Wildman–Crippen LogP) is 5.47. The van der Waals surface area contributed by atoms with Crippen molar-refractivity contribution in [3.8, 4) is 6.07 Å². The summed E-state index contributed by atoms with van der Waals surface area (Å²) in [6, 6.07) is 7.57. The van der Waals surface area contributed by atoms with Gasteiger partial charge in [-0.2, -0.15) is 5.26 Å². The Balaban J connectivity index is 2.14. The second kappa shape index (κ2) is 12.9. The average molecular weight is 616 g/mol. The van der Waals surface area contributed by atoms with Crippen molar-refractivity contribution in [2.45, 2.75) is 77.4 Å². The maximum Gasteiger partial charge on any atom is 0.428 e. The van der Waals surface area contributed by atoms with Gasteiger partial charge in [-0.1, -0.05) is 0 Å². The van der Waals surface area contributed by atoms with Gasteiger partial charge < -0.3 is 24.3 Å². The maximum atomic E-state index is 15.6. The van der Waals surface area contributed by atoms with Gasteiger partial charge in [0, 0.05) is 24.6 Å². The van der Waals surface area contributed by atoms with E-state index >= 15 is 4.39 Å². The van der Waals surface area contributed by atoms with E-state index in [0.717, 1.165) is 6.07 Å². The molecule has 3 rings (SSSR count). The molecule has 14 heteroatoms. The SMILES string of the molecule is CO[C@H]1[C@@H](CF)OC(N(C(=O)OC(C)(C)C)C(=O)OC(C)(C)C)=N[C@]1(C)c1cc(NC(=O)c2ccc(C#N)cn2)ccc1F. The Labute approximate surface area is 254 Å². The highest BCUT2D eigenvalue weighted by Crippen LogP contribution is 2.40. The number of ether oxygens (including phenoxy) is 4. The number of hydrogen-bond donors (Lipinski definition) is 1. The number of carbonyl (C=O) groups excluding carboxylic acids is 3. The lowest BCUT2D eigenvalue weighted by atomic mass is 9.82. The molecule has 0 spiro atoms. The molecule has 1 aromatic heterocycles. The molecule has 0 saturated carbocycles. The van der Waals surface area contributed by atoms with Crippen LogP contribution in [-0.2, 0) is 24.5 Å². The zero-order valence-electron chi connectivity index (χ0n) is 25.7. The molecule has 3 atom stereocenters. The van der Waals surface area contributed by atoms with Crippen molar-refractivity contribution < 1.29 is 42.1 Å². The van der Waals surface area contributed by atoms with E-state index in [4.69, 9.17) is 24.2 Å². The molecule has 0 aliphatic carbocycles. The summed E-state index contributed by atoms with van der Waals surface area (Å²) in [4.78, 5) is 48.1. The molecule has 44 heavy (non-hydrogen) atoms. The summed E-state index contributed by atoms with van der Waals surface area (Å²) in [6.07, 6.45) is -3.96. The minimum Gasteiger partial charge on any atom is -0.455 e. The normalized spacial score (nSPS) is 20.0. The molecule has 12 nitrogen and oxygen atoms in total. The lowest BCUT2D eigenvalue weighted by Gasteiger charge is -2.43. The van der Waals surface area contributed by atoms with Crippen LogP contribution in [0.1, 0.15) is 70.1 Å². The quantitative estimate of drug-likeness (QED) is 0.461. The Morgan fingerprint density at radius 1 is 1.09 bits per heavy atom. The minimum atomic E-state index is -1.82. The van der Waals surface area contributed by atoms with Crippen LogP contribution in [0, 0.1) is 17.1 Å². The van der Waals surface area contributed by atoms with Gasteiger partial charge in [0.05, 0.1) is 5.56 Å².